The predicted octanol–water partition coefficient (Wildman–Crippen LogP) is 4.39. The fourth-order valence-electron chi connectivity index (χ4n) is 1.88. The second-order valence-electron chi connectivity index (χ2n) is 3.68. The van der Waals surface area contributed by atoms with Gasteiger partial charge < -0.3 is 4.74 Å². The Hall–Kier alpha value is 1.37. The molecule has 15 heavy (non-hydrogen) atoms. The molecule has 0 amide bonds. The van der Waals surface area contributed by atoms with E-state index in [4.69, 9.17) is 4.74 Å². The maximum atomic E-state index is 5.42. The lowest BCUT2D eigenvalue weighted by molar-refractivity contribution is 0.0851. The molecule has 1 heterocycles. The molecular formula is C11H11I3O. The van der Waals surface area contributed by atoms with Crippen LogP contribution >= 0.6 is 67.8 Å². The lowest BCUT2D eigenvalue weighted by atomic mass is 9.92. The molecule has 1 aliphatic rings. The molecule has 0 bridgehead atoms. The zero-order valence-electron chi connectivity index (χ0n) is 8.10. The molecule has 4 heteroatoms. The predicted molar refractivity (Wildman–Crippen MR) is 87.4 cm³/mol. The number of hydrogen-bond acceptors (Lipinski definition) is 1. The SMILES string of the molecule is Ic1cc(I)c(I)c(C2CCOCC2)c1. The van der Waals surface area contributed by atoms with Gasteiger partial charge in [0.15, 0.2) is 0 Å². The number of rotatable bonds is 1. The molecule has 1 aromatic carbocycles. The van der Waals surface area contributed by atoms with E-state index in [-0.39, 0.29) is 0 Å². The van der Waals surface area contributed by atoms with E-state index >= 15 is 0 Å². The van der Waals surface area contributed by atoms with Gasteiger partial charge in [-0.3, -0.25) is 0 Å². The Bertz CT molecular complexity index is 359. The molecule has 0 radical (unpaired) electrons. The lowest BCUT2D eigenvalue weighted by Gasteiger charge is -2.24. The van der Waals surface area contributed by atoms with Crippen molar-refractivity contribution < 1.29 is 4.74 Å². The third-order valence-corrected chi connectivity index (χ3v) is 6.39. The summed E-state index contributed by atoms with van der Waals surface area (Å²) in [6.07, 6.45) is 2.35. The van der Waals surface area contributed by atoms with E-state index in [1.165, 1.54) is 29.1 Å². The Balaban J connectivity index is 2.33. The second-order valence-corrected chi connectivity index (χ2v) is 7.16. The van der Waals surface area contributed by atoms with Crippen LogP contribution in [0.5, 0.6) is 0 Å². The highest BCUT2D eigenvalue weighted by atomic mass is 127. The first-order valence-electron chi connectivity index (χ1n) is 4.90. The molecule has 0 spiro atoms. The molecule has 1 nitrogen and oxygen atoms in total. The highest BCUT2D eigenvalue weighted by Crippen LogP contribution is 2.33. The molecule has 1 aliphatic heterocycles. The van der Waals surface area contributed by atoms with Crippen LogP contribution in [0.3, 0.4) is 0 Å². The average Bonchev–Trinajstić information content (AvgIpc) is 2.24. The van der Waals surface area contributed by atoms with Crippen LogP contribution < -0.4 is 0 Å². The van der Waals surface area contributed by atoms with Crippen LogP contribution in [0, 0.1) is 10.7 Å². The summed E-state index contributed by atoms with van der Waals surface area (Å²) in [5.41, 5.74) is 1.52. The van der Waals surface area contributed by atoms with Gasteiger partial charge in [0.1, 0.15) is 0 Å². The van der Waals surface area contributed by atoms with Crippen LogP contribution in [0.25, 0.3) is 0 Å². The van der Waals surface area contributed by atoms with Gasteiger partial charge >= 0.3 is 0 Å². The summed E-state index contributed by atoms with van der Waals surface area (Å²) in [6.45, 7) is 1.84. The summed E-state index contributed by atoms with van der Waals surface area (Å²) in [4.78, 5) is 0. The number of ether oxygens (including phenoxy) is 1. The van der Waals surface area contributed by atoms with Crippen LogP contribution in [0.4, 0.5) is 0 Å². The summed E-state index contributed by atoms with van der Waals surface area (Å²) in [5, 5.41) is 0. The molecule has 0 aromatic heterocycles. The van der Waals surface area contributed by atoms with E-state index in [9.17, 15) is 0 Å². The van der Waals surface area contributed by atoms with Crippen molar-refractivity contribution >= 4 is 67.8 Å². The third kappa shape index (κ3) is 3.19. The van der Waals surface area contributed by atoms with Crippen molar-refractivity contribution in [1.82, 2.24) is 0 Å². The van der Waals surface area contributed by atoms with E-state index in [1.54, 1.807) is 0 Å². The van der Waals surface area contributed by atoms with E-state index in [1.807, 2.05) is 0 Å². The fourth-order valence-corrected chi connectivity index (χ4v) is 4.52. The Morgan fingerprint density at radius 1 is 1.07 bits per heavy atom. The number of benzene rings is 1. The van der Waals surface area contributed by atoms with E-state index in [2.05, 4.69) is 79.9 Å². The van der Waals surface area contributed by atoms with Gasteiger partial charge in [0, 0.05) is 23.9 Å². The zero-order valence-corrected chi connectivity index (χ0v) is 14.6. The largest absolute Gasteiger partial charge is 0.381 e. The van der Waals surface area contributed by atoms with Crippen molar-refractivity contribution in [2.45, 2.75) is 18.8 Å². The summed E-state index contributed by atoms with van der Waals surface area (Å²) in [5.74, 6) is 0.703. The summed E-state index contributed by atoms with van der Waals surface area (Å²) in [6, 6.07) is 4.58. The Morgan fingerprint density at radius 2 is 1.73 bits per heavy atom. The second kappa shape index (κ2) is 5.81. The first-order chi connectivity index (χ1) is 7.18. The Kier molecular flexibility index (Phi) is 4.97. The minimum atomic E-state index is 0.703. The minimum Gasteiger partial charge on any atom is -0.381 e. The summed E-state index contributed by atoms with van der Waals surface area (Å²) in [7, 11) is 0. The highest BCUT2D eigenvalue weighted by Gasteiger charge is 2.19. The number of halogens is 3. The molecule has 2 rings (SSSR count). The van der Waals surface area contributed by atoms with Crippen LogP contribution in [-0.2, 0) is 4.74 Å². The molecule has 0 saturated carbocycles. The Labute approximate surface area is 131 Å². The standard InChI is InChI=1S/C11H11I3O/c12-8-5-9(11(14)10(13)6-8)7-1-3-15-4-2-7/h5-7H,1-4H2. The molecule has 82 valence electrons. The summed E-state index contributed by atoms with van der Waals surface area (Å²) >= 11 is 7.30. The maximum Gasteiger partial charge on any atom is 0.0471 e. The van der Waals surface area contributed by atoms with Crippen molar-refractivity contribution in [2.24, 2.45) is 0 Å². The maximum absolute atomic E-state index is 5.42. The van der Waals surface area contributed by atoms with Gasteiger partial charge in [-0.25, -0.2) is 0 Å². The van der Waals surface area contributed by atoms with Crippen LogP contribution in [0.2, 0.25) is 0 Å². The normalized spacial score (nSPS) is 18.1. The molecule has 1 aromatic rings. The van der Waals surface area contributed by atoms with E-state index in [0.29, 0.717) is 5.92 Å². The van der Waals surface area contributed by atoms with Gasteiger partial charge in [0.2, 0.25) is 0 Å². The molecule has 1 saturated heterocycles. The van der Waals surface area contributed by atoms with Crippen molar-refractivity contribution in [3.05, 3.63) is 28.4 Å². The van der Waals surface area contributed by atoms with Gasteiger partial charge in [-0.2, -0.15) is 0 Å². The fraction of sp³-hybridized carbons (Fsp3) is 0.455. The van der Waals surface area contributed by atoms with Gasteiger partial charge in [-0.05, 0) is 104 Å². The quantitative estimate of drug-likeness (QED) is 0.380. The van der Waals surface area contributed by atoms with Crippen molar-refractivity contribution in [3.8, 4) is 0 Å². The zero-order chi connectivity index (χ0) is 10.8. The lowest BCUT2D eigenvalue weighted by Crippen LogP contribution is -2.15. The molecule has 0 unspecified atom stereocenters. The van der Waals surface area contributed by atoms with Gasteiger partial charge in [-0.1, -0.05) is 0 Å². The first-order valence-corrected chi connectivity index (χ1v) is 8.14. The van der Waals surface area contributed by atoms with E-state index < -0.39 is 0 Å². The van der Waals surface area contributed by atoms with Crippen molar-refractivity contribution in [1.29, 1.82) is 0 Å². The molecule has 0 aliphatic carbocycles. The smallest absolute Gasteiger partial charge is 0.0471 e. The molecule has 0 atom stereocenters. The van der Waals surface area contributed by atoms with Gasteiger partial charge in [0.05, 0.1) is 0 Å². The monoisotopic (exact) mass is 540 g/mol. The van der Waals surface area contributed by atoms with Crippen LogP contribution in [0.15, 0.2) is 12.1 Å². The summed E-state index contributed by atoms with van der Waals surface area (Å²) < 4.78 is 9.57. The van der Waals surface area contributed by atoms with Crippen LogP contribution in [-0.4, -0.2) is 13.2 Å². The van der Waals surface area contributed by atoms with Crippen LogP contribution in [0.1, 0.15) is 24.3 Å². The first kappa shape index (κ1) is 12.8. The third-order valence-electron chi connectivity index (χ3n) is 2.68. The van der Waals surface area contributed by atoms with Gasteiger partial charge in [-0.15, -0.1) is 0 Å². The van der Waals surface area contributed by atoms with Crippen molar-refractivity contribution in [2.75, 3.05) is 13.2 Å². The number of hydrogen-bond donors (Lipinski definition) is 0. The van der Waals surface area contributed by atoms with Gasteiger partial charge in [0.25, 0.3) is 0 Å². The minimum absolute atomic E-state index is 0.703. The van der Waals surface area contributed by atoms with Crippen molar-refractivity contribution in [3.63, 3.8) is 0 Å². The Morgan fingerprint density at radius 3 is 2.40 bits per heavy atom. The molecule has 1 fully saturated rings. The van der Waals surface area contributed by atoms with E-state index in [0.717, 1.165) is 13.2 Å². The molecular weight excluding hydrogens is 529 g/mol. The molecule has 0 N–H and O–H groups in total. The average molecular weight is 540 g/mol. The highest BCUT2D eigenvalue weighted by molar-refractivity contribution is 14.1. The topological polar surface area (TPSA) is 9.23 Å².